The van der Waals surface area contributed by atoms with E-state index >= 15 is 0 Å². The summed E-state index contributed by atoms with van der Waals surface area (Å²) in [6, 6.07) is 0.413. The minimum atomic E-state index is -1.70. The van der Waals surface area contributed by atoms with Gasteiger partial charge in [-0.1, -0.05) is 13.8 Å². The van der Waals surface area contributed by atoms with E-state index in [1.807, 2.05) is 0 Å². The number of methoxy groups -OCH3 is 2. The van der Waals surface area contributed by atoms with Crippen LogP contribution < -0.4 is 9.47 Å². The van der Waals surface area contributed by atoms with Crippen molar-refractivity contribution in [3.63, 3.8) is 0 Å². The van der Waals surface area contributed by atoms with Crippen LogP contribution in [0.4, 0.5) is 26.3 Å². The van der Waals surface area contributed by atoms with Crippen molar-refractivity contribution in [1.82, 2.24) is 4.90 Å². The van der Waals surface area contributed by atoms with E-state index in [1.54, 1.807) is 0 Å². The Hall–Kier alpha value is -3.24. The van der Waals surface area contributed by atoms with Gasteiger partial charge in [0, 0.05) is 6.54 Å². The Balaban J connectivity index is 2.66. The molecule has 11 heteroatoms. The van der Waals surface area contributed by atoms with Crippen molar-refractivity contribution in [3.8, 4) is 11.5 Å². The van der Waals surface area contributed by atoms with Crippen LogP contribution >= 0.6 is 0 Å². The minimum absolute atomic E-state index is 0.207. The fourth-order valence-electron chi connectivity index (χ4n) is 2.74. The number of carbonyl (C=O) groups is 2. The Morgan fingerprint density at radius 2 is 1.13 bits per heavy atom. The summed E-state index contributed by atoms with van der Waals surface area (Å²) < 4.78 is 93.0. The maximum atomic E-state index is 14.5. The normalized spacial score (nSPS) is 10.9. The molecule has 0 aliphatic heterocycles. The third kappa shape index (κ3) is 4.44. The lowest BCUT2D eigenvalue weighted by Crippen LogP contribution is -2.40. The third-order valence-electron chi connectivity index (χ3n) is 4.14. The average molecular weight is 449 g/mol. The standard InChI is InChI=1S/C20H17F6NO4/c1-8(2)7-27(19(28)9-5-11(21)15(25)17(30-3)13(9)23)20(29)10-6-12(22)16(26)18(31-4)14(10)24/h5-6,8H,7H2,1-4H3. The van der Waals surface area contributed by atoms with Crippen LogP contribution in [0.25, 0.3) is 0 Å². The molecule has 168 valence electrons. The van der Waals surface area contributed by atoms with Gasteiger partial charge in [0.2, 0.25) is 11.6 Å². The SMILES string of the molecule is COc1c(F)c(F)cc(C(=O)N(CC(C)C)C(=O)c2cc(F)c(F)c(OC)c2F)c1F. The number of halogens is 6. The lowest BCUT2D eigenvalue weighted by molar-refractivity contribution is 0.0590. The van der Waals surface area contributed by atoms with Crippen molar-refractivity contribution in [2.45, 2.75) is 13.8 Å². The van der Waals surface area contributed by atoms with E-state index in [0.29, 0.717) is 4.90 Å². The van der Waals surface area contributed by atoms with E-state index in [9.17, 15) is 35.9 Å². The molecule has 0 unspecified atom stereocenters. The molecule has 2 aromatic carbocycles. The predicted octanol–water partition coefficient (Wildman–Crippen LogP) is 4.48. The van der Waals surface area contributed by atoms with Gasteiger partial charge in [0.1, 0.15) is 0 Å². The lowest BCUT2D eigenvalue weighted by atomic mass is 10.1. The number of imide groups is 1. The second kappa shape index (κ2) is 9.27. The molecule has 0 saturated heterocycles. The van der Waals surface area contributed by atoms with Crippen molar-refractivity contribution in [1.29, 1.82) is 0 Å². The van der Waals surface area contributed by atoms with Crippen LogP contribution in [0.5, 0.6) is 11.5 Å². The van der Waals surface area contributed by atoms with Gasteiger partial charge in [0.05, 0.1) is 25.3 Å². The van der Waals surface area contributed by atoms with Gasteiger partial charge >= 0.3 is 0 Å². The van der Waals surface area contributed by atoms with E-state index in [-0.39, 0.29) is 12.1 Å². The maximum Gasteiger partial charge on any atom is 0.263 e. The van der Waals surface area contributed by atoms with Crippen molar-refractivity contribution >= 4 is 11.8 Å². The molecule has 5 nitrogen and oxygen atoms in total. The van der Waals surface area contributed by atoms with Crippen LogP contribution in [-0.4, -0.2) is 37.5 Å². The smallest absolute Gasteiger partial charge is 0.263 e. The fourth-order valence-corrected chi connectivity index (χ4v) is 2.74. The summed E-state index contributed by atoms with van der Waals surface area (Å²) >= 11 is 0. The monoisotopic (exact) mass is 449 g/mol. The molecule has 31 heavy (non-hydrogen) atoms. The lowest BCUT2D eigenvalue weighted by Gasteiger charge is -2.24. The van der Waals surface area contributed by atoms with E-state index in [4.69, 9.17) is 0 Å². The molecule has 0 radical (unpaired) electrons. The molecule has 0 saturated carbocycles. The zero-order valence-electron chi connectivity index (χ0n) is 16.8. The molecular formula is C20H17F6NO4. The van der Waals surface area contributed by atoms with Gasteiger partial charge in [-0.3, -0.25) is 14.5 Å². The summed E-state index contributed by atoms with van der Waals surface area (Å²) in [6.45, 7) is 2.63. The second-order valence-corrected chi connectivity index (χ2v) is 6.75. The Morgan fingerprint density at radius 3 is 1.42 bits per heavy atom. The highest BCUT2D eigenvalue weighted by atomic mass is 19.2. The Bertz CT molecular complexity index is 964. The molecule has 0 aliphatic carbocycles. The second-order valence-electron chi connectivity index (χ2n) is 6.75. The third-order valence-corrected chi connectivity index (χ3v) is 4.14. The van der Waals surface area contributed by atoms with Crippen LogP contribution in [0.3, 0.4) is 0 Å². The van der Waals surface area contributed by atoms with Crippen LogP contribution in [-0.2, 0) is 0 Å². The molecule has 0 spiro atoms. The van der Waals surface area contributed by atoms with Gasteiger partial charge in [-0.05, 0) is 18.1 Å². The predicted molar refractivity (Wildman–Crippen MR) is 95.9 cm³/mol. The highest BCUT2D eigenvalue weighted by Gasteiger charge is 2.33. The van der Waals surface area contributed by atoms with Gasteiger partial charge in [-0.25, -0.2) is 17.6 Å². The number of hydrogen-bond acceptors (Lipinski definition) is 4. The van der Waals surface area contributed by atoms with E-state index < -0.39 is 81.8 Å². The van der Waals surface area contributed by atoms with Gasteiger partial charge in [0.15, 0.2) is 34.8 Å². The number of nitrogens with zero attached hydrogens (tertiary/aromatic N) is 1. The number of carbonyl (C=O) groups excluding carboxylic acids is 2. The number of benzene rings is 2. The molecule has 2 amide bonds. The summed E-state index contributed by atoms with van der Waals surface area (Å²) in [4.78, 5) is 26.0. The highest BCUT2D eigenvalue weighted by Crippen LogP contribution is 2.30. The number of hydrogen-bond donors (Lipinski definition) is 0. The van der Waals surface area contributed by atoms with Gasteiger partial charge in [-0.2, -0.15) is 8.78 Å². The molecule has 0 aliphatic rings. The Kier molecular flexibility index (Phi) is 7.19. The maximum absolute atomic E-state index is 14.5. The first-order chi connectivity index (χ1) is 14.5. The van der Waals surface area contributed by atoms with Crippen LogP contribution in [0.15, 0.2) is 12.1 Å². The molecule has 2 rings (SSSR count). The van der Waals surface area contributed by atoms with Crippen molar-refractivity contribution in [2.24, 2.45) is 5.92 Å². The molecule has 0 N–H and O–H groups in total. The molecule has 2 aromatic rings. The van der Waals surface area contributed by atoms with Gasteiger partial charge < -0.3 is 9.47 Å². The highest BCUT2D eigenvalue weighted by molar-refractivity contribution is 6.10. The summed E-state index contributed by atoms with van der Waals surface area (Å²) in [5.41, 5.74) is -2.17. The van der Waals surface area contributed by atoms with Gasteiger partial charge in [0.25, 0.3) is 11.8 Å². The number of amides is 2. The average Bonchev–Trinajstić information content (AvgIpc) is 2.71. The first-order valence-electron chi connectivity index (χ1n) is 8.75. The van der Waals surface area contributed by atoms with Crippen LogP contribution in [0, 0.1) is 40.8 Å². The van der Waals surface area contributed by atoms with E-state index in [2.05, 4.69) is 9.47 Å². The summed E-state index contributed by atoms with van der Waals surface area (Å²) in [5.74, 6) is -15.7. The molecule has 0 bridgehead atoms. The topological polar surface area (TPSA) is 55.8 Å². The molecule has 0 aromatic heterocycles. The number of rotatable bonds is 6. The van der Waals surface area contributed by atoms with Crippen molar-refractivity contribution < 1.29 is 45.4 Å². The minimum Gasteiger partial charge on any atom is -0.491 e. The Morgan fingerprint density at radius 1 is 0.774 bits per heavy atom. The van der Waals surface area contributed by atoms with Crippen LogP contribution in [0.2, 0.25) is 0 Å². The number of ether oxygens (including phenoxy) is 2. The largest absolute Gasteiger partial charge is 0.491 e. The van der Waals surface area contributed by atoms with Gasteiger partial charge in [-0.15, -0.1) is 0 Å². The summed E-state index contributed by atoms with van der Waals surface area (Å²) in [6.07, 6.45) is 0. The molecular weight excluding hydrogens is 432 g/mol. The quantitative estimate of drug-likeness (QED) is 0.371. The first-order valence-corrected chi connectivity index (χ1v) is 8.75. The summed E-state index contributed by atoms with van der Waals surface area (Å²) in [5, 5.41) is 0. The molecule has 0 atom stereocenters. The zero-order chi connectivity index (χ0) is 23.6. The molecule has 0 heterocycles. The van der Waals surface area contributed by atoms with E-state index in [1.165, 1.54) is 13.8 Å². The zero-order valence-corrected chi connectivity index (χ0v) is 16.8. The van der Waals surface area contributed by atoms with Crippen molar-refractivity contribution in [2.75, 3.05) is 20.8 Å². The van der Waals surface area contributed by atoms with Crippen LogP contribution in [0.1, 0.15) is 34.6 Å². The summed E-state index contributed by atoms with van der Waals surface area (Å²) in [7, 11) is 1.66. The van der Waals surface area contributed by atoms with E-state index in [0.717, 1.165) is 14.2 Å². The fraction of sp³-hybridized carbons (Fsp3) is 0.300. The first kappa shape index (κ1) is 24.0. The Labute approximate surface area is 173 Å². The van der Waals surface area contributed by atoms with Crippen molar-refractivity contribution in [3.05, 3.63) is 58.2 Å². The molecule has 0 fully saturated rings.